The van der Waals surface area contributed by atoms with Crippen molar-refractivity contribution < 1.29 is 0 Å². The Labute approximate surface area is 108 Å². The Morgan fingerprint density at radius 3 is 2.88 bits per heavy atom. The fraction of sp³-hybridized carbons (Fsp3) is 0.571. The first kappa shape index (κ1) is 12.6. The summed E-state index contributed by atoms with van der Waals surface area (Å²) in [6.07, 6.45) is 7.52. The summed E-state index contributed by atoms with van der Waals surface area (Å²) in [6, 6.07) is 6.75. The highest BCUT2D eigenvalue weighted by Gasteiger charge is 2.21. The van der Waals surface area contributed by atoms with Crippen molar-refractivity contribution in [1.29, 1.82) is 0 Å². The molecule has 1 aromatic carbocycles. The molecule has 17 heavy (non-hydrogen) atoms. The Morgan fingerprint density at radius 1 is 1.35 bits per heavy atom. The zero-order valence-corrected chi connectivity index (χ0v) is 11.5. The lowest BCUT2D eigenvalue weighted by Crippen LogP contribution is -2.28. The van der Waals surface area contributed by atoms with Gasteiger partial charge in [0.05, 0.1) is 0 Å². The third kappa shape index (κ3) is 3.32. The molecule has 1 fully saturated rings. The van der Waals surface area contributed by atoms with Gasteiger partial charge >= 0.3 is 0 Å². The molecule has 1 aliphatic carbocycles. The quantitative estimate of drug-likeness (QED) is 0.804. The molecule has 94 valence electrons. The van der Waals surface area contributed by atoms with Crippen LogP contribution < -0.4 is 11.1 Å². The smallest absolute Gasteiger partial charge is 0.0373 e. The number of hydrogen-bond donors (Lipinski definition) is 2. The molecule has 0 aromatic heterocycles. The van der Waals surface area contributed by atoms with Gasteiger partial charge in [0.25, 0.3) is 0 Å². The zero-order valence-electron chi connectivity index (χ0n) is 10.7. The summed E-state index contributed by atoms with van der Waals surface area (Å²) >= 11 is 2.01. The van der Waals surface area contributed by atoms with Gasteiger partial charge in [0.1, 0.15) is 0 Å². The molecule has 0 heterocycles. The lowest BCUT2D eigenvalue weighted by atomic mass is 9.94. The van der Waals surface area contributed by atoms with E-state index in [2.05, 4.69) is 24.6 Å². The van der Waals surface area contributed by atoms with E-state index in [9.17, 15) is 0 Å². The van der Waals surface area contributed by atoms with E-state index < -0.39 is 0 Å². The van der Waals surface area contributed by atoms with Crippen LogP contribution in [0.25, 0.3) is 0 Å². The highest BCUT2D eigenvalue weighted by molar-refractivity contribution is 7.99. The standard InChI is InChI=1S/C14H22N2S/c1-10-8-11(15)6-7-14(10)16-12-4-3-5-13(9-12)17-2/h6-8,12-13,16H,3-5,9,15H2,1-2H3. The van der Waals surface area contributed by atoms with Crippen LogP contribution in [-0.4, -0.2) is 17.5 Å². The molecule has 2 rings (SSSR count). The van der Waals surface area contributed by atoms with E-state index in [4.69, 9.17) is 5.73 Å². The van der Waals surface area contributed by atoms with Crippen molar-refractivity contribution in [2.24, 2.45) is 0 Å². The first-order chi connectivity index (χ1) is 8.19. The van der Waals surface area contributed by atoms with Crippen LogP contribution in [-0.2, 0) is 0 Å². The lowest BCUT2D eigenvalue weighted by Gasteiger charge is -2.30. The van der Waals surface area contributed by atoms with Crippen molar-refractivity contribution in [1.82, 2.24) is 0 Å². The third-order valence-electron chi connectivity index (χ3n) is 3.57. The minimum absolute atomic E-state index is 0.628. The Balaban J connectivity index is 2.00. The molecule has 0 aliphatic heterocycles. The van der Waals surface area contributed by atoms with Gasteiger partial charge in [-0.05, 0) is 56.2 Å². The van der Waals surface area contributed by atoms with E-state index in [0.29, 0.717) is 6.04 Å². The van der Waals surface area contributed by atoms with Gasteiger partial charge < -0.3 is 11.1 Å². The molecule has 0 bridgehead atoms. The molecular formula is C14H22N2S. The van der Waals surface area contributed by atoms with Crippen LogP contribution in [0.3, 0.4) is 0 Å². The molecule has 3 N–H and O–H groups in total. The van der Waals surface area contributed by atoms with Gasteiger partial charge in [-0.2, -0.15) is 11.8 Å². The third-order valence-corrected chi connectivity index (χ3v) is 4.66. The Hall–Kier alpha value is -0.830. The molecule has 2 nitrogen and oxygen atoms in total. The molecule has 3 heteroatoms. The van der Waals surface area contributed by atoms with Crippen LogP contribution in [0.1, 0.15) is 31.2 Å². The molecule has 1 aromatic rings. The molecule has 0 amide bonds. The van der Waals surface area contributed by atoms with Gasteiger partial charge in [-0.3, -0.25) is 0 Å². The lowest BCUT2D eigenvalue weighted by molar-refractivity contribution is 0.473. The van der Waals surface area contributed by atoms with Crippen molar-refractivity contribution in [3.05, 3.63) is 23.8 Å². The van der Waals surface area contributed by atoms with Crippen molar-refractivity contribution in [3.8, 4) is 0 Å². The zero-order chi connectivity index (χ0) is 12.3. The maximum Gasteiger partial charge on any atom is 0.0373 e. The fourth-order valence-corrected chi connectivity index (χ4v) is 3.39. The van der Waals surface area contributed by atoms with E-state index in [1.165, 1.54) is 36.9 Å². The minimum Gasteiger partial charge on any atom is -0.399 e. The van der Waals surface area contributed by atoms with Gasteiger partial charge in [-0.25, -0.2) is 0 Å². The number of hydrogen-bond acceptors (Lipinski definition) is 3. The number of nitrogen functional groups attached to an aromatic ring is 1. The second-order valence-corrected chi connectivity index (χ2v) is 6.08. The summed E-state index contributed by atoms with van der Waals surface area (Å²) in [4.78, 5) is 0. The monoisotopic (exact) mass is 250 g/mol. The Morgan fingerprint density at radius 2 is 2.18 bits per heavy atom. The number of benzene rings is 1. The first-order valence-corrected chi connectivity index (χ1v) is 7.63. The number of nitrogens with one attached hydrogen (secondary N) is 1. The largest absolute Gasteiger partial charge is 0.399 e. The fourth-order valence-electron chi connectivity index (χ4n) is 2.56. The molecular weight excluding hydrogens is 228 g/mol. The molecule has 2 unspecified atom stereocenters. The van der Waals surface area contributed by atoms with E-state index in [1.807, 2.05) is 23.9 Å². The molecule has 2 atom stereocenters. The minimum atomic E-state index is 0.628. The average Bonchev–Trinajstić information content (AvgIpc) is 2.33. The van der Waals surface area contributed by atoms with Crippen molar-refractivity contribution in [2.75, 3.05) is 17.3 Å². The van der Waals surface area contributed by atoms with Gasteiger partial charge in [0.15, 0.2) is 0 Å². The number of anilines is 2. The topological polar surface area (TPSA) is 38.0 Å². The van der Waals surface area contributed by atoms with Gasteiger partial charge in [0, 0.05) is 22.7 Å². The second-order valence-electron chi connectivity index (χ2n) is 4.94. The number of thioether (sulfide) groups is 1. The summed E-state index contributed by atoms with van der Waals surface area (Å²) in [7, 11) is 0. The normalized spacial score (nSPS) is 24.6. The van der Waals surface area contributed by atoms with Crippen molar-refractivity contribution in [2.45, 2.75) is 43.9 Å². The first-order valence-electron chi connectivity index (χ1n) is 6.34. The average molecular weight is 250 g/mol. The SMILES string of the molecule is CSC1CCCC(Nc2ccc(N)cc2C)C1. The molecule has 1 saturated carbocycles. The van der Waals surface area contributed by atoms with Crippen LogP contribution in [0.15, 0.2) is 18.2 Å². The predicted molar refractivity (Wildman–Crippen MR) is 78.8 cm³/mol. The summed E-state index contributed by atoms with van der Waals surface area (Å²) in [6.45, 7) is 2.12. The van der Waals surface area contributed by atoms with Crippen LogP contribution >= 0.6 is 11.8 Å². The second kappa shape index (κ2) is 5.67. The van der Waals surface area contributed by atoms with E-state index >= 15 is 0 Å². The molecule has 1 aliphatic rings. The molecule has 0 saturated heterocycles. The molecule has 0 spiro atoms. The Kier molecular flexibility index (Phi) is 4.21. The van der Waals surface area contributed by atoms with Crippen LogP contribution in [0.5, 0.6) is 0 Å². The van der Waals surface area contributed by atoms with Gasteiger partial charge in [-0.15, -0.1) is 0 Å². The van der Waals surface area contributed by atoms with Crippen LogP contribution in [0, 0.1) is 6.92 Å². The van der Waals surface area contributed by atoms with Gasteiger partial charge in [-0.1, -0.05) is 6.42 Å². The highest BCUT2D eigenvalue weighted by Crippen LogP contribution is 2.29. The van der Waals surface area contributed by atoms with Crippen molar-refractivity contribution >= 4 is 23.1 Å². The van der Waals surface area contributed by atoms with Gasteiger partial charge in [0.2, 0.25) is 0 Å². The summed E-state index contributed by atoms with van der Waals surface area (Å²) in [5.74, 6) is 0. The summed E-state index contributed by atoms with van der Waals surface area (Å²) in [5, 5.41) is 4.50. The van der Waals surface area contributed by atoms with E-state index in [1.54, 1.807) is 0 Å². The summed E-state index contributed by atoms with van der Waals surface area (Å²) < 4.78 is 0. The van der Waals surface area contributed by atoms with E-state index in [0.717, 1.165) is 10.9 Å². The predicted octanol–water partition coefficient (Wildman–Crippen LogP) is 3.66. The number of rotatable bonds is 3. The molecule has 0 radical (unpaired) electrons. The number of aryl methyl sites for hydroxylation is 1. The maximum absolute atomic E-state index is 5.77. The maximum atomic E-state index is 5.77. The van der Waals surface area contributed by atoms with Crippen molar-refractivity contribution in [3.63, 3.8) is 0 Å². The van der Waals surface area contributed by atoms with E-state index in [-0.39, 0.29) is 0 Å². The summed E-state index contributed by atoms with van der Waals surface area (Å²) in [5.41, 5.74) is 9.11. The Bertz CT molecular complexity index is 378. The van der Waals surface area contributed by atoms with Crippen LogP contribution in [0.2, 0.25) is 0 Å². The highest BCUT2D eigenvalue weighted by atomic mass is 32.2. The van der Waals surface area contributed by atoms with Crippen LogP contribution in [0.4, 0.5) is 11.4 Å². The number of nitrogens with two attached hydrogens (primary N) is 1.